The number of esters is 1. The van der Waals surface area contributed by atoms with E-state index in [0.717, 1.165) is 34.5 Å². The fourth-order valence-corrected chi connectivity index (χ4v) is 2.29. The van der Waals surface area contributed by atoms with E-state index in [1.807, 2.05) is 38.1 Å². The molecule has 0 aromatic heterocycles. The van der Waals surface area contributed by atoms with E-state index in [9.17, 15) is 4.79 Å². The third-order valence-corrected chi connectivity index (χ3v) is 3.52. The molecule has 1 aromatic carbocycles. The van der Waals surface area contributed by atoms with E-state index in [1.54, 1.807) is 7.11 Å². The molecule has 0 amide bonds. The molecular formula is C20H26O3. The third kappa shape index (κ3) is 5.44. The van der Waals surface area contributed by atoms with Crippen LogP contribution in [-0.2, 0) is 20.7 Å². The van der Waals surface area contributed by atoms with Gasteiger partial charge in [-0.25, -0.2) is 0 Å². The lowest BCUT2D eigenvalue weighted by atomic mass is 10.0. The average Bonchev–Trinajstić information content (AvgIpc) is 2.78. The summed E-state index contributed by atoms with van der Waals surface area (Å²) in [5.41, 5.74) is 4.35. The molecule has 124 valence electrons. The van der Waals surface area contributed by atoms with Crippen molar-refractivity contribution in [1.82, 2.24) is 0 Å². The van der Waals surface area contributed by atoms with E-state index in [2.05, 4.69) is 29.9 Å². The van der Waals surface area contributed by atoms with Crippen LogP contribution in [-0.4, -0.2) is 20.2 Å². The Hall–Kier alpha value is -2.29. The molecule has 23 heavy (non-hydrogen) atoms. The zero-order valence-corrected chi connectivity index (χ0v) is 14.7. The molecule has 0 saturated heterocycles. The largest absolute Gasteiger partial charge is 0.501 e. The van der Waals surface area contributed by atoms with E-state index in [4.69, 9.17) is 4.74 Å². The van der Waals surface area contributed by atoms with Crippen LogP contribution in [0.25, 0.3) is 5.57 Å². The number of hydrogen-bond donors (Lipinski definition) is 0. The summed E-state index contributed by atoms with van der Waals surface area (Å²) in [6, 6.07) is 7.98. The molecule has 3 heteroatoms. The number of allylic oxidation sites excluding steroid dienone is 5. The highest BCUT2D eigenvalue weighted by atomic mass is 16.5. The molecule has 0 saturated carbocycles. The number of carbonyl (C=O) groups excluding carboxylic acids is 1. The predicted octanol–water partition coefficient (Wildman–Crippen LogP) is 4.69. The molecule has 0 atom stereocenters. The van der Waals surface area contributed by atoms with E-state index < -0.39 is 0 Å². The molecule has 0 bridgehead atoms. The van der Waals surface area contributed by atoms with Crippen molar-refractivity contribution in [2.24, 2.45) is 0 Å². The van der Waals surface area contributed by atoms with E-state index in [-0.39, 0.29) is 5.97 Å². The van der Waals surface area contributed by atoms with Gasteiger partial charge in [0.25, 0.3) is 0 Å². The predicted molar refractivity (Wildman–Crippen MR) is 95.0 cm³/mol. The highest BCUT2D eigenvalue weighted by molar-refractivity contribution is 5.77. The lowest BCUT2D eigenvalue weighted by molar-refractivity contribution is -0.139. The van der Waals surface area contributed by atoms with Crippen LogP contribution in [0.1, 0.15) is 38.3 Å². The molecule has 1 aliphatic carbocycles. The van der Waals surface area contributed by atoms with Gasteiger partial charge in [-0.3, -0.25) is 4.79 Å². The summed E-state index contributed by atoms with van der Waals surface area (Å²) < 4.78 is 10.0. The van der Waals surface area contributed by atoms with Gasteiger partial charge >= 0.3 is 5.97 Å². The summed E-state index contributed by atoms with van der Waals surface area (Å²) in [5.74, 6) is 0.767. The maximum atomic E-state index is 11.3. The van der Waals surface area contributed by atoms with Gasteiger partial charge in [0.05, 0.1) is 20.6 Å². The Kier molecular flexibility index (Phi) is 7.89. The van der Waals surface area contributed by atoms with Crippen LogP contribution in [0.5, 0.6) is 0 Å². The van der Waals surface area contributed by atoms with Gasteiger partial charge in [-0.15, -0.1) is 0 Å². The van der Waals surface area contributed by atoms with Gasteiger partial charge < -0.3 is 9.47 Å². The maximum Gasteiger partial charge on any atom is 0.309 e. The minimum Gasteiger partial charge on any atom is -0.501 e. The second-order valence-electron chi connectivity index (χ2n) is 4.97. The Balaban J connectivity index is 0.00000127. The molecule has 2 rings (SSSR count). The lowest BCUT2D eigenvalue weighted by Gasteiger charge is -2.06. The van der Waals surface area contributed by atoms with Crippen molar-refractivity contribution < 1.29 is 14.3 Å². The van der Waals surface area contributed by atoms with Crippen molar-refractivity contribution in [2.45, 2.75) is 33.6 Å². The van der Waals surface area contributed by atoms with Crippen LogP contribution < -0.4 is 0 Å². The van der Waals surface area contributed by atoms with Crippen molar-refractivity contribution in [2.75, 3.05) is 14.2 Å². The molecular weight excluding hydrogens is 288 g/mol. The van der Waals surface area contributed by atoms with Crippen LogP contribution in [0.2, 0.25) is 0 Å². The SMILES string of the molecule is CC.COC(=O)Cc1ccc(C2=CC(C)=C(OC)CC=C2)cc1. The first-order valence-corrected chi connectivity index (χ1v) is 7.92. The van der Waals surface area contributed by atoms with Crippen molar-refractivity contribution in [3.05, 3.63) is 65.0 Å². The number of carbonyl (C=O) groups is 1. The zero-order chi connectivity index (χ0) is 17.2. The average molecular weight is 314 g/mol. The van der Waals surface area contributed by atoms with Crippen molar-refractivity contribution in [3.8, 4) is 0 Å². The molecule has 0 N–H and O–H groups in total. The topological polar surface area (TPSA) is 35.5 Å². The summed E-state index contributed by atoms with van der Waals surface area (Å²) in [6.07, 6.45) is 7.44. The Morgan fingerprint density at radius 3 is 2.35 bits per heavy atom. The highest BCUT2D eigenvalue weighted by Crippen LogP contribution is 2.25. The first kappa shape index (κ1) is 18.8. The molecule has 0 fully saturated rings. The first-order valence-electron chi connectivity index (χ1n) is 7.92. The van der Waals surface area contributed by atoms with Gasteiger partial charge in [0.1, 0.15) is 5.76 Å². The third-order valence-electron chi connectivity index (χ3n) is 3.52. The van der Waals surface area contributed by atoms with Gasteiger partial charge in [0, 0.05) is 6.42 Å². The Morgan fingerprint density at radius 1 is 1.13 bits per heavy atom. The summed E-state index contributed by atoms with van der Waals surface area (Å²) in [5, 5.41) is 0. The molecule has 0 radical (unpaired) electrons. The Morgan fingerprint density at radius 2 is 1.78 bits per heavy atom. The van der Waals surface area contributed by atoms with Crippen molar-refractivity contribution in [1.29, 1.82) is 0 Å². The summed E-state index contributed by atoms with van der Waals surface area (Å²) in [7, 11) is 3.10. The number of methoxy groups -OCH3 is 2. The van der Waals surface area contributed by atoms with E-state index >= 15 is 0 Å². The zero-order valence-electron chi connectivity index (χ0n) is 14.7. The fourth-order valence-electron chi connectivity index (χ4n) is 2.29. The second-order valence-corrected chi connectivity index (χ2v) is 4.97. The maximum absolute atomic E-state index is 11.3. The molecule has 1 aliphatic rings. The van der Waals surface area contributed by atoms with Crippen LogP contribution in [0.3, 0.4) is 0 Å². The first-order chi connectivity index (χ1) is 11.1. The minimum absolute atomic E-state index is 0.222. The number of hydrogen-bond acceptors (Lipinski definition) is 3. The molecule has 1 aromatic rings. The Bertz CT molecular complexity index is 604. The molecule has 3 nitrogen and oxygen atoms in total. The van der Waals surface area contributed by atoms with Gasteiger partial charge in [-0.05, 0) is 35.3 Å². The van der Waals surface area contributed by atoms with E-state index in [1.165, 1.54) is 7.11 Å². The number of rotatable bonds is 4. The van der Waals surface area contributed by atoms with Crippen molar-refractivity contribution >= 4 is 11.5 Å². The monoisotopic (exact) mass is 314 g/mol. The van der Waals surface area contributed by atoms with Crippen LogP contribution in [0, 0.1) is 0 Å². The standard InChI is InChI=1S/C18H20O3.C2H6/c1-13-11-16(5-4-6-17(13)20-2)15-9-7-14(8-10-15)12-18(19)21-3;1-2/h4-5,7-11H,6,12H2,1-3H3;1-2H3. The normalized spacial score (nSPS) is 13.5. The summed E-state index contributed by atoms with van der Waals surface area (Å²) >= 11 is 0. The quantitative estimate of drug-likeness (QED) is 0.756. The van der Waals surface area contributed by atoms with Crippen molar-refractivity contribution in [3.63, 3.8) is 0 Å². The van der Waals surface area contributed by atoms with Gasteiger partial charge in [0.2, 0.25) is 0 Å². The highest BCUT2D eigenvalue weighted by Gasteiger charge is 2.07. The number of ether oxygens (including phenoxy) is 2. The van der Waals surface area contributed by atoms with Crippen LogP contribution in [0.4, 0.5) is 0 Å². The summed E-state index contributed by atoms with van der Waals surface area (Å²) in [4.78, 5) is 11.3. The fraction of sp³-hybridized carbons (Fsp3) is 0.350. The second kappa shape index (κ2) is 9.67. The van der Waals surface area contributed by atoms with Gasteiger partial charge in [0.15, 0.2) is 0 Å². The van der Waals surface area contributed by atoms with Gasteiger partial charge in [-0.2, -0.15) is 0 Å². The van der Waals surface area contributed by atoms with E-state index in [0.29, 0.717) is 6.42 Å². The minimum atomic E-state index is -0.222. The smallest absolute Gasteiger partial charge is 0.309 e. The lowest BCUT2D eigenvalue weighted by Crippen LogP contribution is -2.04. The molecule has 0 spiro atoms. The van der Waals surface area contributed by atoms with Gasteiger partial charge in [-0.1, -0.05) is 50.3 Å². The molecule has 0 unspecified atom stereocenters. The molecule has 0 aliphatic heterocycles. The van der Waals surface area contributed by atoms with Crippen LogP contribution >= 0.6 is 0 Å². The Labute approximate surface area is 139 Å². The molecule has 0 heterocycles. The number of benzene rings is 1. The van der Waals surface area contributed by atoms with Crippen LogP contribution in [0.15, 0.2) is 53.8 Å². The summed E-state index contributed by atoms with van der Waals surface area (Å²) in [6.45, 7) is 6.05.